The van der Waals surface area contributed by atoms with E-state index < -0.39 is 6.10 Å². The molecule has 3 N–H and O–H groups in total. The smallest absolute Gasteiger partial charge is 0.139 e. The fourth-order valence-electron chi connectivity index (χ4n) is 4.06. The number of aliphatic hydroxyl groups excluding tert-OH is 3. The number of aliphatic hydroxyl groups is 3. The largest absolute Gasteiger partial charge is 0.396 e. The van der Waals surface area contributed by atoms with Gasteiger partial charge in [-0.25, -0.2) is 0 Å². The average molecular weight is 324 g/mol. The number of hydrogen-bond donors (Lipinski definition) is 3. The third kappa shape index (κ3) is 5.40. The van der Waals surface area contributed by atoms with Gasteiger partial charge in [-0.15, -0.1) is 0 Å². The summed E-state index contributed by atoms with van der Waals surface area (Å²) in [6.07, 6.45) is 12.3. The molecule has 0 amide bonds. The minimum atomic E-state index is -0.559. The minimum Gasteiger partial charge on any atom is -0.396 e. The van der Waals surface area contributed by atoms with Crippen LogP contribution >= 0.6 is 0 Å². The SMILES string of the molecule is O=C1C[C@@H](O)[C@H](C=CC2CCC[C@H]2O)[C@H]1CCCCCCCO. The normalized spacial score (nSPS) is 34.7. The fraction of sp³-hybridized carbons (Fsp3) is 0.842. The lowest BCUT2D eigenvalue weighted by Crippen LogP contribution is -2.19. The van der Waals surface area contributed by atoms with Crippen molar-refractivity contribution in [3.05, 3.63) is 12.2 Å². The van der Waals surface area contributed by atoms with Gasteiger partial charge in [0.15, 0.2) is 0 Å². The second-order valence-electron chi connectivity index (χ2n) is 7.25. The lowest BCUT2D eigenvalue weighted by molar-refractivity contribution is -0.121. The van der Waals surface area contributed by atoms with E-state index in [1.807, 2.05) is 12.2 Å². The van der Waals surface area contributed by atoms with Crippen LogP contribution in [0.25, 0.3) is 0 Å². The summed E-state index contributed by atoms with van der Waals surface area (Å²) in [4.78, 5) is 12.1. The van der Waals surface area contributed by atoms with Crippen LogP contribution in [0.15, 0.2) is 12.2 Å². The Morgan fingerprint density at radius 1 is 0.957 bits per heavy atom. The molecule has 0 heterocycles. The van der Waals surface area contributed by atoms with E-state index in [9.17, 15) is 15.0 Å². The third-order valence-electron chi connectivity index (χ3n) is 5.52. The molecule has 0 aromatic heterocycles. The van der Waals surface area contributed by atoms with Gasteiger partial charge in [-0.3, -0.25) is 4.79 Å². The molecule has 2 aliphatic carbocycles. The van der Waals surface area contributed by atoms with Gasteiger partial charge in [-0.1, -0.05) is 44.3 Å². The molecule has 0 bridgehead atoms. The Bertz CT molecular complexity index is 393. The van der Waals surface area contributed by atoms with Crippen molar-refractivity contribution in [2.24, 2.45) is 17.8 Å². The number of unbranched alkanes of at least 4 members (excludes halogenated alkanes) is 4. The first kappa shape index (κ1) is 18.6. The molecule has 0 radical (unpaired) electrons. The van der Waals surface area contributed by atoms with E-state index in [0.717, 1.165) is 57.8 Å². The van der Waals surface area contributed by atoms with Crippen LogP contribution in [-0.2, 0) is 4.79 Å². The van der Waals surface area contributed by atoms with Crippen molar-refractivity contribution < 1.29 is 20.1 Å². The number of hydrogen-bond acceptors (Lipinski definition) is 4. The molecule has 23 heavy (non-hydrogen) atoms. The highest BCUT2D eigenvalue weighted by Crippen LogP contribution is 2.35. The van der Waals surface area contributed by atoms with Gasteiger partial charge in [0.1, 0.15) is 5.78 Å². The van der Waals surface area contributed by atoms with Crippen molar-refractivity contribution in [3.63, 3.8) is 0 Å². The monoisotopic (exact) mass is 324 g/mol. The Hall–Kier alpha value is -0.710. The van der Waals surface area contributed by atoms with Crippen molar-refractivity contribution in [1.82, 2.24) is 0 Å². The van der Waals surface area contributed by atoms with E-state index in [-0.39, 0.29) is 42.7 Å². The highest BCUT2D eigenvalue weighted by atomic mass is 16.3. The van der Waals surface area contributed by atoms with Gasteiger partial charge in [0.2, 0.25) is 0 Å². The molecule has 4 nitrogen and oxygen atoms in total. The Morgan fingerprint density at radius 3 is 2.39 bits per heavy atom. The van der Waals surface area contributed by atoms with Crippen LogP contribution in [0.3, 0.4) is 0 Å². The van der Waals surface area contributed by atoms with Crippen LogP contribution in [0, 0.1) is 17.8 Å². The standard InChI is InChI=1S/C19H32O4/c20-12-5-3-1-2-4-8-15-16(19(23)13-18(15)22)11-10-14-7-6-9-17(14)21/h10-11,14-17,19-21,23H,1-9,12-13H2/t14?,15-,16-,17-,19-/m1/s1. The second kappa shape index (κ2) is 9.55. The first-order chi connectivity index (χ1) is 11.1. The van der Waals surface area contributed by atoms with Crippen LogP contribution < -0.4 is 0 Å². The number of ketones is 1. The Morgan fingerprint density at radius 2 is 1.70 bits per heavy atom. The molecule has 2 fully saturated rings. The maximum Gasteiger partial charge on any atom is 0.139 e. The molecule has 0 aromatic carbocycles. The Balaban J connectivity index is 1.81. The molecular formula is C19H32O4. The zero-order chi connectivity index (χ0) is 16.7. The van der Waals surface area contributed by atoms with Crippen molar-refractivity contribution in [2.75, 3.05) is 6.61 Å². The minimum absolute atomic E-state index is 0.0577. The first-order valence-corrected chi connectivity index (χ1v) is 9.31. The van der Waals surface area contributed by atoms with E-state index in [1.54, 1.807) is 0 Å². The molecule has 2 rings (SSSR count). The fourth-order valence-corrected chi connectivity index (χ4v) is 4.06. The summed E-state index contributed by atoms with van der Waals surface area (Å²) in [7, 11) is 0. The van der Waals surface area contributed by atoms with Gasteiger partial charge in [0.05, 0.1) is 12.2 Å². The highest BCUT2D eigenvalue weighted by Gasteiger charge is 2.39. The molecule has 0 aliphatic heterocycles. The van der Waals surface area contributed by atoms with Gasteiger partial charge in [0, 0.05) is 30.8 Å². The summed E-state index contributed by atoms with van der Waals surface area (Å²) in [6, 6.07) is 0. The molecule has 0 spiro atoms. The quantitative estimate of drug-likeness (QED) is 0.450. The average Bonchev–Trinajstić information content (AvgIpc) is 3.04. The molecular weight excluding hydrogens is 292 g/mol. The van der Waals surface area contributed by atoms with Crippen LogP contribution in [-0.4, -0.2) is 39.9 Å². The van der Waals surface area contributed by atoms with Gasteiger partial charge in [-0.05, 0) is 25.7 Å². The van der Waals surface area contributed by atoms with Crippen LogP contribution in [0.1, 0.15) is 64.2 Å². The van der Waals surface area contributed by atoms with Crippen LogP contribution in [0.4, 0.5) is 0 Å². The highest BCUT2D eigenvalue weighted by molar-refractivity contribution is 5.84. The number of carbonyl (C=O) groups is 1. The van der Waals surface area contributed by atoms with E-state index in [4.69, 9.17) is 5.11 Å². The molecule has 5 atom stereocenters. The topological polar surface area (TPSA) is 77.8 Å². The van der Waals surface area contributed by atoms with Crippen molar-refractivity contribution in [1.29, 1.82) is 0 Å². The summed E-state index contributed by atoms with van der Waals surface area (Å²) in [6.45, 7) is 0.257. The maximum absolute atomic E-state index is 12.1. The third-order valence-corrected chi connectivity index (χ3v) is 5.52. The number of carbonyl (C=O) groups excluding carboxylic acids is 1. The van der Waals surface area contributed by atoms with Gasteiger partial charge in [-0.2, -0.15) is 0 Å². The molecule has 2 aliphatic rings. The lowest BCUT2D eigenvalue weighted by atomic mass is 9.87. The van der Waals surface area contributed by atoms with Gasteiger partial charge < -0.3 is 15.3 Å². The van der Waals surface area contributed by atoms with E-state index in [1.165, 1.54) is 0 Å². The summed E-state index contributed by atoms with van der Waals surface area (Å²) < 4.78 is 0. The van der Waals surface area contributed by atoms with Crippen molar-refractivity contribution >= 4 is 5.78 Å². The molecule has 4 heteroatoms. The molecule has 2 saturated carbocycles. The summed E-state index contributed by atoms with van der Waals surface area (Å²) in [5.74, 6) is 0.247. The number of rotatable bonds is 9. The van der Waals surface area contributed by atoms with E-state index >= 15 is 0 Å². The summed E-state index contributed by atoms with van der Waals surface area (Å²) in [5, 5.41) is 28.8. The van der Waals surface area contributed by atoms with E-state index in [0.29, 0.717) is 0 Å². The maximum atomic E-state index is 12.1. The zero-order valence-electron chi connectivity index (χ0n) is 14.1. The predicted octanol–water partition coefficient (Wildman–Crippen LogP) is 2.60. The first-order valence-electron chi connectivity index (χ1n) is 9.31. The van der Waals surface area contributed by atoms with Gasteiger partial charge >= 0.3 is 0 Å². The van der Waals surface area contributed by atoms with Crippen LogP contribution in [0.5, 0.6) is 0 Å². The summed E-state index contributed by atoms with van der Waals surface area (Å²) in [5.41, 5.74) is 0. The molecule has 132 valence electrons. The van der Waals surface area contributed by atoms with Crippen LogP contribution in [0.2, 0.25) is 0 Å². The Kier molecular flexibility index (Phi) is 7.74. The zero-order valence-corrected chi connectivity index (χ0v) is 14.1. The summed E-state index contributed by atoms with van der Waals surface area (Å²) >= 11 is 0. The molecule has 1 unspecified atom stereocenters. The van der Waals surface area contributed by atoms with Crippen molar-refractivity contribution in [2.45, 2.75) is 76.4 Å². The Labute approximate surface area is 139 Å². The molecule has 0 saturated heterocycles. The van der Waals surface area contributed by atoms with Gasteiger partial charge in [0.25, 0.3) is 0 Å². The van der Waals surface area contributed by atoms with Crippen molar-refractivity contribution in [3.8, 4) is 0 Å². The predicted molar refractivity (Wildman–Crippen MR) is 89.9 cm³/mol. The second-order valence-corrected chi connectivity index (χ2v) is 7.25. The number of Topliss-reactive ketones (excluding diaryl/α,β-unsaturated/α-hetero) is 1. The molecule has 0 aromatic rings. The lowest BCUT2D eigenvalue weighted by Gasteiger charge is -2.18. The van der Waals surface area contributed by atoms with E-state index in [2.05, 4.69) is 0 Å².